The summed E-state index contributed by atoms with van der Waals surface area (Å²) in [4.78, 5) is 13.7. The Morgan fingerprint density at radius 1 is 1.30 bits per heavy atom. The summed E-state index contributed by atoms with van der Waals surface area (Å²) in [6.45, 7) is 6.60. The van der Waals surface area contributed by atoms with E-state index in [4.69, 9.17) is 10.5 Å². The zero-order valence-electron chi connectivity index (χ0n) is 12.0. The van der Waals surface area contributed by atoms with Gasteiger partial charge in [-0.05, 0) is 24.3 Å². The molecule has 2 aliphatic heterocycles. The maximum absolute atomic E-state index is 11.4. The van der Waals surface area contributed by atoms with Gasteiger partial charge in [0.25, 0.3) is 5.91 Å². The number of nitrogens with two attached hydrogens (primary N) is 1. The highest BCUT2D eigenvalue weighted by atomic mass is 16.5. The number of anilines is 3. The summed E-state index contributed by atoms with van der Waals surface area (Å²) in [6.07, 6.45) is 1.25. The van der Waals surface area contributed by atoms with Crippen LogP contribution in [0.25, 0.3) is 0 Å². The van der Waals surface area contributed by atoms with Crippen molar-refractivity contribution < 1.29 is 9.53 Å². The van der Waals surface area contributed by atoms with Gasteiger partial charge in [-0.25, -0.2) is 0 Å². The van der Waals surface area contributed by atoms with E-state index >= 15 is 0 Å². The number of hydrogen-bond donors (Lipinski definition) is 2. The van der Waals surface area contributed by atoms with Crippen molar-refractivity contribution in [2.45, 2.75) is 20.3 Å². The van der Waals surface area contributed by atoms with E-state index in [0.29, 0.717) is 23.3 Å². The Hall–Kier alpha value is -1.91. The van der Waals surface area contributed by atoms with E-state index in [0.717, 1.165) is 24.5 Å². The Bertz CT molecular complexity index is 534. The lowest BCUT2D eigenvalue weighted by Crippen LogP contribution is -2.39. The van der Waals surface area contributed by atoms with Crippen molar-refractivity contribution in [3.63, 3.8) is 0 Å². The van der Waals surface area contributed by atoms with Crippen LogP contribution < -0.4 is 20.7 Å². The van der Waals surface area contributed by atoms with Crippen LogP contribution in [0, 0.1) is 11.8 Å². The minimum atomic E-state index is -0.117. The van der Waals surface area contributed by atoms with Gasteiger partial charge in [0.05, 0.1) is 17.1 Å². The lowest BCUT2D eigenvalue weighted by molar-refractivity contribution is -0.118. The van der Waals surface area contributed by atoms with Crippen LogP contribution in [0.4, 0.5) is 17.1 Å². The van der Waals surface area contributed by atoms with Crippen LogP contribution in [0.2, 0.25) is 0 Å². The highest BCUT2D eigenvalue weighted by Crippen LogP contribution is 2.38. The van der Waals surface area contributed by atoms with Crippen molar-refractivity contribution in [1.29, 1.82) is 0 Å². The molecule has 108 valence electrons. The Morgan fingerprint density at radius 2 is 2.00 bits per heavy atom. The zero-order chi connectivity index (χ0) is 14.3. The molecule has 0 bridgehead atoms. The minimum absolute atomic E-state index is 0.0591. The molecule has 2 atom stereocenters. The molecule has 0 aliphatic carbocycles. The predicted octanol–water partition coefficient (Wildman–Crippen LogP) is 2.08. The number of benzene rings is 1. The van der Waals surface area contributed by atoms with Crippen LogP contribution >= 0.6 is 0 Å². The van der Waals surface area contributed by atoms with Crippen molar-refractivity contribution in [3.8, 4) is 5.75 Å². The van der Waals surface area contributed by atoms with Crippen LogP contribution in [0.1, 0.15) is 20.3 Å². The molecule has 2 unspecified atom stereocenters. The Labute approximate surface area is 119 Å². The highest BCUT2D eigenvalue weighted by molar-refractivity contribution is 5.97. The van der Waals surface area contributed by atoms with Crippen LogP contribution in [-0.4, -0.2) is 25.6 Å². The minimum Gasteiger partial charge on any atom is -0.482 e. The van der Waals surface area contributed by atoms with Crippen LogP contribution in [-0.2, 0) is 4.79 Å². The molecule has 1 aromatic carbocycles. The van der Waals surface area contributed by atoms with Crippen molar-refractivity contribution in [1.82, 2.24) is 0 Å². The number of nitrogens with one attached hydrogen (secondary N) is 1. The summed E-state index contributed by atoms with van der Waals surface area (Å²) < 4.78 is 5.39. The first-order valence-electron chi connectivity index (χ1n) is 7.14. The maximum atomic E-state index is 11.4. The topological polar surface area (TPSA) is 67.6 Å². The number of nitrogens with zero attached hydrogens (tertiary/aromatic N) is 1. The number of piperidine rings is 1. The van der Waals surface area contributed by atoms with Gasteiger partial charge in [-0.3, -0.25) is 4.79 Å². The molecule has 1 amide bonds. The molecule has 20 heavy (non-hydrogen) atoms. The second-order valence-corrected chi connectivity index (χ2v) is 6.10. The summed E-state index contributed by atoms with van der Waals surface area (Å²) in [7, 11) is 0. The van der Waals surface area contributed by atoms with E-state index in [1.165, 1.54) is 6.42 Å². The molecular weight excluding hydrogens is 254 g/mol. The molecule has 3 rings (SSSR count). The summed E-state index contributed by atoms with van der Waals surface area (Å²) in [5.74, 6) is 1.85. The first kappa shape index (κ1) is 13.1. The molecular formula is C15H21N3O2. The first-order chi connectivity index (χ1) is 9.52. The van der Waals surface area contributed by atoms with Crippen LogP contribution in [0.15, 0.2) is 12.1 Å². The molecule has 0 aromatic heterocycles. The van der Waals surface area contributed by atoms with Crippen molar-refractivity contribution in [2.24, 2.45) is 11.8 Å². The first-order valence-corrected chi connectivity index (χ1v) is 7.14. The van der Waals surface area contributed by atoms with Gasteiger partial charge in [0.1, 0.15) is 5.75 Å². The third kappa shape index (κ3) is 2.40. The Morgan fingerprint density at radius 3 is 2.70 bits per heavy atom. The van der Waals surface area contributed by atoms with E-state index in [9.17, 15) is 4.79 Å². The molecule has 1 fully saturated rings. The third-order valence-corrected chi connectivity index (χ3v) is 3.97. The summed E-state index contributed by atoms with van der Waals surface area (Å²) in [6, 6.07) is 3.75. The molecule has 0 radical (unpaired) electrons. The standard InChI is InChI=1S/C15H21N3O2/c1-9-3-10(2)7-18(6-9)13-5-12-14(4-11(13)16)20-8-15(19)17-12/h4-5,9-10H,3,6-8,16H2,1-2H3,(H,17,19). The van der Waals surface area contributed by atoms with Gasteiger partial charge in [-0.15, -0.1) is 0 Å². The lowest BCUT2D eigenvalue weighted by atomic mass is 9.91. The molecule has 5 heteroatoms. The molecule has 3 N–H and O–H groups in total. The smallest absolute Gasteiger partial charge is 0.262 e. The molecule has 1 saturated heterocycles. The van der Waals surface area contributed by atoms with Gasteiger partial charge < -0.3 is 20.7 Å². The van der Waals surface area contributed by atoms with E-state index in [2.05, 4.69) is 24.1 Å². The number of amides is 1. The fourth-order valence-electron chi connectivity index (χ4n) is 3.26. The Kier molecular flexibility index (Phi) is 3.20. The third-order valence-electron chi connectivity index (χ3n) is 3.97. The van der Waals surface area contributed by atoms with E-state index in [1.807, 2.05) is 12.1 Å². The van der Waals surface area contributed by atoms with Crippen molar-refractivity contribution in [3.05, 3.63) is 12.1 Å². The molecule has 5 nitrogen and oxygen atoms in total. The second-order valence-electron chi connectivity index (χ2n) is 6.10. The SMILES string of the molecule is CC1CC(C)CN(c2cc3c(cc2N)OCC(=O)N3)C1. The van der Waals surface area contributed by atoms with Gasteiger partial charge >= 0.3 is 0 Å². The quantitative estimate of drug-likeness (QED) is 0.770. The highest BCUT2D eigenvalue weighted by Gasteiger charge is 2.25. The van der Waals surface area contributed by atoms with Gasteiger partial charge in [0.15, 0.2) is 6.61 Å². The van der Waals surface area contributed by atoms with Gasteiger partial charge in [0, 0.05) is 19.2 Å². The van der Waals surface area contributed by atoms with Crippen LogP contribution in [0.5, 0.6) is 5.75 Å². The monoisotopic (exact) mass is 275 g/mol. The largest absolute Gasteiger partial charge is 0.482 e. The van der Waals surface area contributed by atoms with Crippen molar-refractivity contribution in [2.75, 3.05) is 35.6 Å². The Balaban J connectivity index is 1.93. The molecule has 2 aliphatic rings. The number of rotatable bonds is 1. The normalized spacial score (nSPS) is 25.7. The number of hydrogen-bond acceptors (Lipinski definition) is 4. The number of ether oxygens (including phenoxy) is 1. The lowest BCUT2D eigenvalue weighted by Gasteiger charge is -2.37. The second kappa shape index (κ2) is 4.89. The van der Waals surface area contributed by atoms with Gasteiger partial charge in [-0.1, -0.05) is 13.8 Å². The number of carbonyl (C=O) groups excluding carboxylic acids is 1. The molecule has 0 saturated carbocycles. The van der Waals surface area contributed by atoms with Crippen LogP contribution in [0.3, 0.4) is 0 Å². The van der Waals surface area contributed by atoms with Gasteiger partial charge in [0.2, 0.25) is 0 Å². The number of nitrogen functional groups attached to an aromatic ring is 1. The van der Waals surface area contributed by atoms with E-state index in [1.54, 1.807) is 0 Å². The van der Waals surface area contributed by atoms with Gasteiger partial charge in [-0.2, -0.15) is 0 Å². The fraction of sp³-hybridized carbons (Fsp3) is 0.533. The summed E-state index contributed by atoms with van der Waals surface area (Å²) >= 11 is 0. The molecule has 0 spiro atoms. The van der Waals surface area contributed by atoms with E-state index in [-0.39, 0.29) is 12.5 Å². The fourth-order valence-corrected chi connectivity index (χ4v) is 3.26. The molecule has 1 aromatic rings. The zero-order valence-corrected chi connectivity index (χ0v) is 12.0. The predicted molar refractivity (Wildman–Crippen MR) is 80.1 cm³/mol. The average Bonchev–Trinajstić information content (AvgIpc) is 2.37. The average molecular weight is 275 g/mol. The number of carbonyl (C=O) groups is 1. The van der Waals surface area contributed by atoms with E-state index < -0.39 is 0 Å². The summed E-state index contributed by atoms with van der Waals surface area (Å²) in [5.41, 5.74) is 8.59. The maximum Gasteiger partial charge on any atom is 0.262 e. The summed E-state index contributed by atoms with van der Waals surface area (Å²) in [5, 5.41) is 2.84. The molecule has 2 heterocycles. The number of fused-ring (bicyclic) bond motifs is 1. The van der Waals surface area contributed by atoms with Crippen molar-refractivity contribution >= 4 is 23.0 Å².